The van der Waals surface area contributed by atoms with Crippen LogP contribution in [-0.4, -0.2) is 105 Å². The van der Waals surface area contributed by atoms with E-state index in [0.717, 1.165) is 57.7 Å². The molecule has 282 valence electrons. The number of piperidine rings is 1. The average Bonchev–Trinajstić information content (AvgIpc) is 3.91. The Kier molecular flexibility index (Phi) is 9.68. The third-order valence-electron chi connectivity index (χ3n) is 11.5. The highest BCUT2D eigenvalue weighted by Crippen LogP contribution is 2.46. The van der Waals surface area contributed by atoms with E-state index in [4.69, 9.17) is 0 Å². The number of aromatic nitrogens is 4. The van der Waals surface area contributed by atoms with E-state index in [1.807, 2.05) is 10.7 Å². The topological polar surface area (TPSA) is 166 Å². The van der Waals surface area contributed by atoms with E-state index in [1.54, 1.807) is 31.5 Å². The van der Waals surface area contributed by atoms with Crippen molar-refractivity contribution in [3.05, 3.63) is 58.7 Å². The van der Waals surface area contributed by atoms with Crippen molar-refractivity contribution in [3.8, 4) is 0 Å². The third kappa shape index (κ3) is 7.08. The number of aromatic amines is 1. The number of nitrogens with zero attached hydrogens (tertiary/aromatic N) is 6. The van der Waals surface area contributed by atoms with Crippen molar-refractivity contribution in [2.75, 3.05) is 42.9 Å². The fourth-order valence-corrected chi connectivity index (χ4v) is 8.15. The maximum absolute atomic E-state index is 14.8. The fourth-order valence-electron chi connectivity index (χ4n) is 8.15. The van der Waals surface area contributed by atoms with Crippen LogP contribution in [0.15, 0.2) is 30.6 Å². The molecule has 1 aromatic carbocycles. The molecule has 0 radical (unpaired) electrons. The minimum absolute atomic E-state index is 0.00446. The molecule has 5 heterocycles. The highest BCUT2D eigenvalue weighted by molar-refractivity contribution is 6.22. The summed E-state index contributed by atoms with van der Waals surface area (Å²) in [4.78, 5) is 67.6. The van der Waals surface area contributed by atoms with Gasteiger partial charge in [0, 0.05) is 86.6 Å². The molecule has 0 bridgehead atoms. The van der Waals surface area contributed by atoms with Crippen molar-refractivity contribution < 1.29 is 32.8 Å². The predicted octanol–water partition coefficient (Wildman–Crippen LogP) is 3.82. The number of carbonyl (C=O) groups excluding carboxylic acids is 5. The Labute approximate surface area is 305 Å². The zero-order valence-electron chi connectivity index (χ0n) is 30.2. The Bertz CT molecular complexity index is 1930. The van der Waals surface area contributed by atoms with Crippen LogP contribution in [0.25, 0.3) is 0 Å². The van der Waals surface area contributed by atoms with Crippen molar-refractivity contribution in [3.63, 3.8) is 0 Å². The lowest BCUT2D eigenvalue weighted by Crippen LogP contribution is -2.44. The molecule has 4 aliphatic rings. The largest absolute Gasteiger partial charge is 0.371 e. The van der Waals surface area contributed by atoms with Crippen LogP contribution in [-0.2, 0) is 22.4 Å². The van der Waals surface area contributed by atoms with Crippen LogP contribution in [0.2, 0.25) is 0 Å². The van der Waals surface area contributed by atoms with Crippen molar-refractivity contribution in [1.29, 1.82) is 0 Å². The van der Waals surface area contributed by atoms with Crippen molar-refractivity contribution in [2.24, 2.45) is 11.3 Å². The normalized spacial score (nSPS) is 21.7. The summed E-state index contributed by atoms with van der Waals surface area (Å²) < 4.78 is 31.4. The summed E-state index contributed by atoms with van der Waals surface area (Å²) in [5, 5.41) is 16.2. The molecule has 1 aliphatic carbocycles. The maximum atomic E-state index is 14.8. The Hall–Kier alpha value is -4.99. The molecule has 2 saturated heterocycles. The number of rotatable bonds is 11. The Balaban J connectivity index is 0.885. The van der Waals surface area contributed by atoms with Gasteiger partial charge in [-0.3, -0.25) is 44.0 Å². The van der Waals surface area contributed by atoms with Crippen LogP contribution in [0.5, 0.6) is 0 Å². The number of carbonyl (C=O) groups is 5. The number of amides is 5. The number of benzene rings is 1. The molecule has 2 atom stereocenters. The van der Waals surface area contributed by atoms with Gasteiger partial charge in [-0.05, 0) is 56.7 Å². The fraction of sp³-hybridized carbons (Fsp3) is 0.541. The maximum Gasteiger partial charge on any atom is 0.276 e. The number of nitrogens with one attached hydrogen (secondary N) is 3. The highest BCUT2D eigenvalue weighted by atomic mass is 19.3. The van der Waals surface area contributed by atoms with Gasteiger partial charge in [-0.1, -0.05) is 13.8 Å². The van der Waals surface area contributed by atoms with E-state index in [1.165, 1.54) is 18.7 Å². The average molecular weight is 734 g/mol. The molecule has 2 unspecified atom stereocenters. The molecular formula is C37H45F2N9O5. The number of hydrogen-bond donors (Lipinski definition) is 3. The number of fused-ring (bicyclic) bond motifs is 2. The summed E-state index contributed by atoms with van der Waals surface area (Å²) >= 11 is 0. The highest BCUT2D eigenvalue weighted by Gasteiger charge is 2.51. The van der Waals surface area contributed by atoms with E-state index in [2.05, 4.69) is 35.7 Å². The number of halogens is 2. The van der Waals surface area contributed by atoms with Gasteiger partial charge in [0.2, 0.25) is 12.3 Å². The summed E-state index contributed by atoms with van der Waals surface area (Å²) in [6.07, 6.45) is 6.33. The molecule has 5 amide bonds. The van der Waals surface area contributed by atoms with Gasteiger partial charge in [-0.15, -0.1) is 0 Å². The van der Waals surface area contributed by atoms with E-state index >= 15 is 0 Å². The second kappa shape index (κ2) is 14.1. The zero-order valence-corrected chi connectivity index (χ0v) is 30.2. The molecule has 0 saturated carbocycles. The van der Waals surface area contributed by atoms with Gasteiger partial charge in [-0.25, -0.2) is 8.78 Å². The molecule has 2 aromatic heterocycles. The van der Waals surface area contributed by atoms with Gasteiger partial charge >= 0.3 is 0 Å². The Morgan fingerprint density at radius 1 is 1.08 bits per heavy atom. The zero-order chi connectivity index (χ0) is 37.7. The monoisotopic (exact) mass is 733 g/mol. The first kappa shape index (κ1) is 36.4. The molecular weight excluding hydrogens is 688 g/mol. The smallest absolute Gasteiger partial charge is 0.276 e. The summed E-state index contributed by atoms with van der Waals surface area (Å²) in [7, 11) is 0. The van der Waals surface area contributed by atoms with Gasteiger partial charge in [0.15, 0.2) is 5.69 Å². The third-order valence-corrected chi connectivity index (χ3v) is 11.5. The molecule has 53 heavy (non-hydrogen) atoms. The molecule has 0 spiro atoms. The van der Waals surface area contributed by atoms with E-state index < -0.39 is 35.6 Å². The van der Waals surface area contributed by atoms with Crippen molar-refractivity contribution in [2.45, 2.75) is 83.7 Å². The minimum Gasteiger partial charge on any atom is -0.371 e. The van der Waals surface area contributed by atoms with Gasteiger partial charge < -0.3 is 15.1 Å². The molecule has 7 rings (SSSR count). The van der Waals surface area contributed by atoms with Gasteiger partial charge in [0.25, 0.3) is 23.6 Å². The number of H-pyrrole nitrogens is 1. The van der Waals surface area contributed by atoms with E-state index in [0.29, 0.717) is 34.8 Å². The molecule has 3 N–H and O–H groups in total. The molecule has 14 nitrogen and oxygen atoms in total. The second-order valence-corrected chi connectivity index (χ2v) is 15.6. The molecule has 3 aromatic rings. The number of alkyl halides is 2. The van der Waals surface area contributed by atoms with Gasteiger partial charge in [0.05, 0.1) is 29.1 Å². The van der Waals surface area contributed by atoms with Crippen LogP contribution in [0.3, 0.4) is 0 Å². The lowest BCUT2D eigenvalue weighted by molar-refractivity contribution is -0.125. The quantitative estimate of drug-likeness (QED) is 0.196. The number of imide groups is 2. The number of hydrogen-bond acceptors (Lipinski definition) is 9. The van der Waals surface area contributed by atoms with Crippen molar-refractivity contribution >= 4 is 41.4 Å². The van der Waals surface area contributed by atoms with E-state index in [-0.39, 0.29) is 48.4 Å². The summed E-state index contributed by atoms with van der Waals surface area (Å²) in [5.41, 5.74) is 1.74. The van der Waals surface area contributed by atoms with Gasteiger partial charge in [-0.2, -0.15) is 10.2 Å². The summed E-state index contributed by atoms with van der Waals surface area (Å²) in [5.74, 6) is -4.24. The number of anilines is 2. The van der Waals surface area contributed by atoms with Crippen molar-refractivity contribution in [1.82, 2.24) is 35.1 Å². The minimum atomic E-state index is -2.95. The number of likely N-dealkylation sites (tertiary alicyclic amines) is 1. The lowest BCUT2D eigenvalue weighted by Gasteiger charge is -2.37. The first-order valence-corrected chi connectivity index (χ1v) is 18.3. The lowest BCUT2D eigenvalue weighted by atomic mass is 9.73. The Morgan fingerprint density at radius 2 is 1.83 bits per heavy atom. The predicted molar refractivity (Wildman–Crippen MR) is 190 cm³/mol. The standard InChI is InChI=1S/C37H45F2N9O5/c1-22(4-7-31(50)40-21-49)48-34(52)27-6-5-26(14-28(27)35(48)53)46-13-8-23(19-46)18-45-11-9-25(10-12-45)47-20-24(17-41-47)42-33(51)32-29-15-37(38,39)36(2,3)16-30(29)43-44-32/h5-6,14,17,20-23,25H,4,7-13,15-16,18-19H2,1-3H3,(H,42,51)(H,43,44)(H,40,49,50). The Morgan fingerprint density at radius 3 is 2.58 bits per heavy atom. The molecule has 2 fully saturated rings. The molecule has 3 aliphatic heterocycles. The molecule has 16 heteroatoms. The first-order chi connectivity index (χ1) is 25.2. The van der Waals surface area contributed by atoms with E-state index in [9.17, 15) is 32.8 Å². The van der Waals surface area contributed by atoms with Crippen LogP contribution in [0.1, 0.15) is 101 Å². The van der Waals surface area contributed by atoms with Gasteiger partial charge in [0.1, 0.15) is 0 Å². The SMILES string of the molecule is CC(CCC(=O)NC=O)N1C(=O)c2ccc(N3CCC(CN4CCC(n5cc(NC(=O)c6n[nH]c7c6CC(F)(F)C(C)(C)C7)cn5)CC4)C3)cc2C1=O. The second-order valence-electron chi connectivity index (χ2n) is 15.6. The summed E-state index contributed by atoms with van der Waals surface area (Å²) in [6, 6.07) is 5.08. The van der Waals surface area contributed by atoms with Crippen LogP contribution < -0.4 is 15.5 Å². The summed E-state index contributed by atoms with van der Waals surface area (Å²) in [6.45, 7) is 9.18. The first-order valence-electron chi connectivity index (χ1n) is 18.3. The van der Waals surface area contributed by atoms with Crippen LogP contribution in [0, 0.1) is 11.3 Å². The van der Waals surface area contributed by atoms with Crippen LogP contribution in [0.4, 0.5) is 20.2 Å². The van der Waals surface area contributed by atoms with Crippen LogP contribution >= 0.6 is 0 Å².